The molecule has 3 N–H and O–H groups in total. The van der Waals surface area contributed by atoms with E-state index in [-0.39, 0.29) is 5.91 Å². The van der Waals surface area contributed by atoms with Crippen LogP contribution in [0.25, 0.3) is 11.3 Å². The zero-order valence-electron chi connectivity index (χ0n) is 16.5. The standard InChI is InChI=1S/C20H24Cl2N4O2S/c1-20(2,3)16(18(28)26-8-4-5-15(26)17(23)27)25-19-24-14(10-29-19)11-6-7-12(21)13(22)9-11/h6-7,9-10,15-16H,4-5,8H2,1-3H3,(H2,23,27)(H,24,25)/t15-,16+/m0/s1. The Morgan fingerprint density at radius 3 is 2.66 bits per heavy atom. The molecule has 2 aromatic rings. The average molecular weight is 455 g/mol. The van der Waals surface area contributed by atoms with Crippen LogP contribution < -0.4 is 11.1 Å². The summed E-state index contributed by atoms with van der Waals surface area (Å²) in [7, 11) is 0. The number of likely N-dealkylation sites (tertiary alicyclic amines) is 1. The van der Waals surface area contributed by atoms with Gasteiger partial charge in [-0.15, -0.1) is 11.3 Å². The number of amides is 2. The van der Waals surface area contributed by atoms with Crippen molar-refractivity contribution >= 4 is 51.5 Å². The number of nitrogens with zero attached hydrogens (tertiary/aromatic N) is 2. The van der Waals surface area contributed by atoms with Crippen LogP contribution >= 0.6 is 34.5 Å². The third-order valence-electron chi connectivity index (χ3n) is 4.96. The van der Waals surface area contributed by atoms with E-state index in [1.807, 2.05) is 32.2 Å². The molecule has 2 atom stereocenters. The Labute approximate surface area is 184 Å². The van der Waals surface area contributed by atoms with Crippen molar-refractivity contribution in [2.24, 2.45) is 11.1 Å². The van der Waals surface area contributed by atoms with E-state index in [1.165, 1.54) is 11.3 Å². The zero-order chi connectivity index (χ0) is 21.3. The van der Waals surface area contributed by atoms with Gasteiger partial charge in [-0.1, -0.05) is 50.0 Å². The number of nitrogens with two attached hydrogens (primary N) is 1. The molecule has 29 heavy (non-hydrogen) atoms. The first kappa shape index (κ1) is 21.9. The Morgan fingerprint density at radius 2 is 2.03 bits per heavy atom. The van der Waals surface area contributed by atoms with Crippen LogP contribution in [0.1, 0.15) is 33.6 Å². The van der Waals surface area contributed by atoms with Gasteiger partial charge < -0.3 is 16.0 Å². The fourth-order valence-corrected chi connectivity index (χ4v) is 4.44. The van der Waals surface area contributed by atoms with Gasteiger partial charge in [0.2, 0.25) is 11.8 Å². The largest absolute Gasteiger partial charge is 0.368 e. The van der Waals surface area contributed by atoms with E-state index in [4.69, 9.17) is 28.9 Å². The highest BCUT2D eigenvalue weighted by atomic mass is 35.5. The molecule has 1 aromatic carbocycles. The molecule has 0 saturated carbocycles. The minimum absolute atomic E-state index is 0.134. The molecule has 156 valence electrons. The maximum absolute atomic E-state index is 13.3. The van der Waals surface area contributed by atoms with Crippen molar-refractivity contribution in [1.82, 2.24) is 9.88 Å². The van der Waals surface area contributed by atoms with Gasteiger partial charge in [0, 0.05) is 17.5 Å². The molecule has 0 spiro atoms. The molecule has 3 rings (SSSR count). The number of benzene rings is 1. The number of anilines is 1. The van der Waals surface area contributed by atoms with Crippen LogP contribution in [0, 0.1) is 5.41 Å². The van der Waals surface area contributed by atoms with Gasteiger partial charge in [0.1, 0.15) is 12.1 Å². The summed E-state index contributed by atoms with van der Waals surface area (Å²) in [5.74, 6) is -0.593. The second kappa shape index (κ2) is 8.50. The van der Waals surface area contributed by atoms with Gasteiger partial charge >= 0.3 is 0 Å². The van der Waals surface area contributed by atoms with E-state index in [1.54, 1.807) is 17.0 Å². The summed E-state index contributed by atoms with van der Waals surface area (Å²) in [5.41, 5.74) is 6.69. The number of hydrogen-bond donors (Lipinski definition) is 2. The SMILES string of the molecule is CC(C)(C)[C@H](Nc1nc(-c2ccc(Cl)c(Cl)c2)cs1)C(=O)N1CCC[C@H]1C(N)=O. The van der Waals surface area contributed by atoms with E-state index < -0.39 is 23.4 Å². The predicted octanol–water partition coefficient (Wildman–Crippen LogP) is 4.42. The summed E-state index contributed by atoms with van der Waals surface area (Å²) in [4.78, 5) is 31.2. The number of hydrogen-bond acceptors (Lipinski definition) is 5. The van der Waals surface area contributed by atoms with Gasteiger partial charge in [-0.3, -0.25) is 9.59 Å². The first-order chi connectivity index (χ1) is 13.6. The monoisotopic (exact) mass is 454 g/mol. The summed E-state index contributed by atoms with van der Waals surface area (Å²) < 4.78 is 0. The number of primary amides is 1. The van der Waals surface area contributed by atoms with Crippen LogP contribution in [-0.4, -0.2) is 40.3 Å². The van der Waals surface area contributed by atoms with E-state index in [0.717, 1.165) is 17.7 Å². The molecule has 1 aliphatic heterocycles. The number of carbonyl (C=O) groups excluding carboxylic acids is 2. The second-order valence-electron chi connectivity index (χ2n) is 8.20. The summed E-state index contributed by atoms with van der Waals surface area (Å²) in [6.07, 6.45) is 1.38. The summed E-state index contributed by atoms with van der Waals surface area (Å²) >= 11 is 13.5. The average Bonchev–Trinajstić information content (AvgIpc) is 3.30. The molecular formula is C20H24Cl2N4O2S. The Hall–Kier alpha value is -1.83. The number of nitrogens with one attached hydrogen (secondary N) is 1. The molecule has 1 saturated heterocycles. The van der Waals surface area contributed by atoms with Crippen molar-refractivity contribution in [3.63, 3.8) is 0 Å². The summed E-state index contributed by atoms with van der Waals surface area (Å²) in [6, 6.07) is 4.25. The highest BCUT2D eigenvalue weighted by Gasteiger charge is 2.40. The zero-order valence-corrected chi connectivity index (χ0v) is 18.9. The number of thiazole rings is 1. The van der Waals surface area contributed by atoms with Crippen molar-refractivity contribution in [2.45, 2.75) is 45.7 Å². The maximum Gasteiger partial charge on any atom is 0.246 e. The molecule has 2 heterocycles. The molecule has 0 bridgehead atoms. The fourth-order valence-electron chi connectivity index (χ4n) is 3.39. The molecular weight excluding hydrogens is 431 g/mol. The van der Waals surface area contributed by atoms with Crippen molar-refractivity contribution in [3.8, 4) is 11.3 Å². The number of carbonyl (C=O) groups is 2. The highest BCUT2D eigenvalue weighted by Crippen LogP contribution is 2.33. The van der Waals surface area contributed by atoms with Crippen LogP contribution in [0.2, 0.25) is 10.0 Å². The van der Waals surface area contributed by atoms with E-state index in [0.29, 0.717) is 28.1 Å². The van der Waals surface area contributed by atoms with Crippen LogP contribution in [0.3, 0.4) is 0 Å². The number of aromatic nitrogens is 1. The lowest BCUT2D eigenvalue weighted by Gasteiger charge is -2.35. The van der Waals surface area contributed by atoms with Gasteiger partial charge in [0.05, 0.1) is 15.7 Å². The minimum Gasteiger partial charge on any atom is -0.368 e. The van der Waals surface area contributed by atoms with Crippen molar-refractivity contribution in [3.05, 3.63) is 33.6 Å². The van der Waals surface area contributed by atoms with Gasteiger partial charge in [0.15, 0.2) is 5.13 Å². The molecule has 2 amide bonds. The molecule has 0 unspecified atom stereocenters. The van der Waals surface area contributed by atoms with Crippen molar-refractivity contribution < 1.29 is 9.59 Å². The van der Waals surface area contributed by atoms with Gasteiger partial charge in [-0.05, 0) is 30.4 Å². The van der Waals surface area contributed by atoms with Gasteiger partial charge in [-0.2, -0.15) is 0 Å². The lowest BCUT2D eigenvalue weighted by molar-refractivity contribution is -0.139. The van der Waals surface area contributed by atoms with Gasteiger partial charge in [0.25, 0.3) is 0 Å². The normalized spacial score (nSPS) is 18.0. The maximum atomic E-state index is 13.3. The van der Waals surface area contributed by atoms with Gasteiger partial charge in [-0.25, -0.2) is 4.98 Å². The topological polar surface area (TPSA) is 88.3 Å². The fraction of sp³-hybridized carbons (Fsp3) is 0.450. The smallest absolute Gasteiger partial charge is 0.246 e. The number of rotatable bonds is 5. The lowest BCUT2D eigenvalue weighted by Crippen LogP contribution is -2.53. The van der Waals surface area contributed by atoms with E-state index >= 15 is 0 Å². The van der Waals surface area contributed by atoms with E-state index in [9.17, 15) is 9.59 Å². The Kier molecular flexibility index (Phi) is 6.41. The van der Waals surface area contributed by atoms with E-state index in [2.05, 4.69) is 10.3 Å². The third-order valence-corrected chi connectivity index (χ3v) is 6.48. The Balaban J connectivity index is 1.83. The van der Waals surface area contributed by atoms with Crippen LogP contribution in [0.5, 0.6) is 0 Å². The second-order valence-corrected chi connectivity index (χ2v) is 9.87. The van der Waals surface area contributed by atoms with Crippen LogP contribution in [0.15, 0.2) is 23.6 Å². The van der Waals surface area contributed by atoms with Crippen LogP contribution in [-0.2, 0) is 9.59 Å². The molecule has 1 fully saturated rings. The van der Waals surface area contributed by atoms with Crippen molar-refractivity contribution in [2.75, 3.05) is 11.9 Å². The summed E-state index contributed by atoms with van der Waals surface area (Å²) in [6.45, 7) is 6.47. The molecule has 6 nitrogen and oxygen atoms in total. The van der Waals surface area contributed by atoms with Crippen LogP contribution in [0.4, 0.5) is 5.13 Å². The number of halogens is 2. The predicted molar refractivity (Wildman–Crippen MR) is 118 cm³/mol. The highest BCUT2D eigenvalue weighted by molar-refractivity contribution is 7.14. The van der Waals surface area contributed by atoms with Crippen molar-refractivity contribution in [1.29, 1.82) is 0 Å². The Morgan fingerprint density at radius 1 is 1.31 bits per heavy atom. The minimum atomic E-state index is -0.546. The molecule has 1 aliphatic rings. The molecule has 0 radical (unpaired) electrons. The Bertz CT molecular complexity index is 925. The molecule has 1 aromatic heterocycles. The first-order valence-corrected chi connectivity index (χ1v) is 11.0. The summed E-state index contributed by atoms with van der Waals surface area (Å²) in [5, 5.41) is 6.74. The molecule has 0 aliphatic carbocycles. The third kappa shape index (κ3) is 4.85. The molecule has 9 heteroatoms. The first-order valence-electron chi connectivity index (χ1n) is 9.35. The lowest BCUT2D eigenvalue weighted by atomic mass is 9.85. The quantitative estimate of drug-likeness (QED) is 0.699.